The summed E-state index contributed by atoms with van der Waals surface area (Å²) in [4.78, 5) is 1.33. The van der Waals surface area contributed by atoms with E-state index in [0.29, 0.717) is 0 Å². The minimum atomic E-state index is 1.13. The van der Waals surface area contributed by atoms with Crippen molar-refractivity contribution in [3.8, 4) is 0 Å². The lowest BCUT2D eigenvalue weighted by Gasteiger charge is -2.02. The van der Waals surface area contributed by atoms with E-state index in [-0.39, 0.29) is 0 Å². The molecule has 0 heterocycles. The van der Waals surface area contributed by atoms with Gasteiger partial charge in [0.25, 0.3) is 0 Å². The maximum atomic E-state index is 3.53. The Morgan fingerprint density at radius 2 is 2.18 bits per heavy atom. The molecule has 0 aliphatic carbocycles. The fraction of sp³-hybridized carbons (Fsp3) is 0.333. The Labute approximate surface area is 80.5 Å². The molecule has 0 N–H and O–H groups in total. The normalized spacial score (nSPS) is 10.1. The van der Waals surface area contributed by atoms with Gasteiger partial charge in [-0.3, -0.25) is 0 Å². The summed E-state index contributed by atoms with van der Waals surface area (Å²) >= 11 is 5.39. The summed E-state index contributed by atoms with van der Waals surface area (Å²) in [6.45, 7) is 4.27. The quantitative estimate of drug-likeness (QED) is 0.696. The standard InChI is InChI=1S/C9H11BrS/c1-3-11-9-5-4-7(2)6-8(9)10/h4-6H,3H2,1-2H3. The first-order valence-electron chi connectivity index (χ1n) is 3.63. The number of halogens is 1. The van der Waals surface area contributed by atoms with E-state index < -0.39 is 0 Å². The van der Waals surface area contributed by atoms with E-state index >= 15 is 0 Å². The largest absolute Gasteiger partial charge is 0.125 e. The molecule has 0 nitrogen and oxygen atoms in total. The zero-order valence-electron chi connectivity index (χ0n) is 6.73. The highest BCUT2D eigenvalue weighted by Crippen LogP contribution is 2.27. The van der Waals surface area contributed by atoms with E-state index in [9.17, 15) is 0 Å². The molecule has 1 aromatic carbocycles. The Kier molecular flexibility index (Phi) is 3.46. The van der Waals surface area contributed by atoms with Crippen LogP contribution in [-0.2, 0) is 0 Å². The minimum absolute atomic E-state index is 1.13. The van der Waals surface area contributed by atoms with Crippen LogP contribution in [0.15, 0.2) is 27.6 Å². The summed E-state index contributed by atoms with van der Waals surface area (Å²) in [5.74, 6) is 1.13. The molecule has 0 aliphatic heterocycles. The molecule has 0 spiro atoms. The van der Waals surface area contributed by atoms with Gasteiger partial charge in [0, 0.05) is 9.37 Å². The van der Waals surface area contributed by atoms with E-state index in [1.807, 2.05) is 11.8 Å². The van der Waals surface area contributed by atoms with Gasteiger partial charge in [0.2, 0.25) is 0 Å². The van der Waals surface area contributed by atoms with Gasteiger partial charge >= 0.3 is 0 Å². The molecule has 0 aromatic heterocycles. The zero-order chi connectivity index (χ0) is 8.27. The molecule has 0 saturated carbocycles. The Hall–Kier alpha value is 0.0500. The molecular formula is C9H11BrS. The molecule has 0 bridgehead atoms. The van der Waals surface area contributed by atoms with Crippen LogP contribution in [0.4, 0.5) is 0 Å². The highest BCUT2D eigenvalue weighted by atomic mass is 79.9. The zero-order valence-corrected chi connectivity index (χ0v) is 9.13. The summed E-state index contributed by atoms with van der Waals surface area (Å²) in [5, 5.41) is 0. The predicted octanol–water partition coefficient (Wildman–Crippen LogP) is 3.87. The molecule has 0 saturated heterocycles. The summed E-state index contributed by atoms with van der Waals surface area (Å²) in [5.41, 5.74) is 1.30. The summed E-state index contributed by atoms with van der Waals surface area (Å²) in [6, 6.07) is 6.45. The minimum Gasteiger partial charge on any atom is -0.125 e. The number of hydrogen-bond acceptors (Lipinski definition) is 1. The summed E-state index contributed by atoms with van der Waals surface area (Å²) in [6.07, 6.45) is 0. The fourth-order valence-corrected chi connectivity index (χ4v) is 2.39. The van der Waals surface area contributed by atoms with E-state index in [0.717, 1.165) is 5.75 Å². The lowest BCUT2D eigenvalue weighted by molar-refractivity contribution is 1.33. The molecule has 0 aliphatic rings. The molecule has 1 aromatic rings. The van der Waals surface area contributed by atoms with Gasteiger partial charge in [0.05, 0.1) is 0 Å². The van der Waals surface area contributed by atoms with E-state index in [4.69, 9.17) is 0 Å². The van der Waals surface area contributed by atoms with E-state index in [1.54, 1.807) is 0 Å². The van der Waals surface area contributed by atoms with Crippen LogP contribution in [0, 0.1) is 6.92 Å². The van der Waals surface area contributed by atoms with Crippen LogP contribution in [0.1, 0.15) is 12.5 Å². The average molecular weight is 231 g/mol. The van der Waals surface area contributed by atoms with Crippen molar-refractivity contribution in [3.63, 3.8) is 0 Å². The second kappa shape index (κ2) is 4.17. The topological polar surface area (TPSA) is 0 Å². The smallest absolute Gasteiger partial charge is 0.0313 e. The molecule has 2 heteroatoms. The fourth-order valence-electron chi connectivity index (χ4n) is 0.878. The Morgan fingerprint density at radius 1 is 1.45 bits per heavy atom. The van der Waals surface area contributed by atoms with Crippen LogP contribution in [-0.4, -0.2) is 5.75 Å². The van der Waals surface area contributed by atoms with Crippen LogP contribution >= 0.6 is 27.7 Å². The van der Waals surface area contributed by atoms with Gasteiger partial charge in [0.1, 0.15) is 0 Å². The Balaban J connectivity index is 2.90. The van der Waals surface area contributed by atoms with Crippen LogP contribution in [0.2, 0.25) is 0 Å². The van der Waals surface area contributed by atoms with Crippen molar-refractivity contribution in [2.24, 2.45) is 0 Å². The third-order valence-electron chi connectivity index (χ3n) is 1.39. The van der Waals surface area contributed by atoms with Crippen molar-refractivity contribution < 1.29 is 0 Å². The highest BCUT2D eigenvalue weighted by molar-refractivity contribution is 9.10. The summed E-state index contributed by atoms with van der Waals surface area (Å²) in [7, 11) is 0. The monoisotopic (exact) mass is 230 g/mol. The molecule has 11 heavy (non-hydrogen) atoms. The second-order valence-corrected chi connectivity index (χ2v) is 4.53. The third-order valence-corrected chi connectivity index (χ3v) is 3.26. The first-order chi connectivity index (χ1) is 5.24. The Morgan fingerprint density at radius 3 is 2.73 bits per heavy atom. The van der Waals surface area contributed by atoms with Crippen LogP contribution < -0.4 is 0 Å². The van der Waals surface area contributed by atoms with Gasteiger partial charge < -0.3 is 0 Å². The Bertz CT molecular complexity index is 245. The number of rotatable bonds is 2. The van der Waals surface area contributed by atoms with Gasteiger partial charge in [-0.15, -0.1) is 11.8 Å². The second-order valence-electron chi connectivity index (χ2n) is 2.37. The van der Waals surface area contributed by atoms with Crippen molar-refractivity contribution >= 4 is 27.7 Å². The maximum Gasteiger partial charge on any atom is 0.0313 e. The van der Waals surface area contributed by atoms with Gasteiger partial charge in [-0.05, 0) is 46.3 Å². The maximum absolute atomic E-state index is 3.53. The first-order valence-corrected chi connectivity index (χ1v) is 5.41. The van der Waals surface area contributed by atoms with Crippen LogP contribution in [0.25, 0.3) is 0 Å². The number of aryl methyl sites for hydroxylation is 1. The van der Waals surface area contributed by atoms with Crippen molar-refractivity contribution in [2.45, 2.75) is 18.7 Å². The highest BCUT2D eigenvalue weighted by Gasteiger charge is 1.97. The van der Waals surface area contributed by atoms with Gasteiger partial charge in [0.15, 0.2) is 0 Å². The molecule has 0 unspecified atom stereocenters. The van der Waals surface area contributed by atoms with Crippen LogP contribution in [0.3, 0.4) is 0 Å². The third kappa shape index (κ3) is 2.53. The average Bonchev–Trinajstić information content (AvgIpc) is 1.95. The number of hydrogen-bond donors (Lipinski definition) is 0. The lowest BCUT2D eigenvalue weighted by Crippen LogP contribution is -1.77. The molecule has 1 rings (SSSR count). The molecule has 0 fully saturated rings. The van der Waals surface area contributed by atoms with Crippen molar-refractivity contribution in [1.82, 2.24) is 0 Å². The van der Waals surface area contributed by atoms with Crippen LogP contribution in [0.5, 0.6) is 0 Å². The molecule has 60 valence electrons. The lowest BCUT2D eigenvalue weighted by atomic mass is 10.2. The summed E-state index contributed by atoms with van der Waals surface area (Å²) < 4.78 is 1.21. The molecular weight excluding hydrogens is 220 g/mol. The van der Waals surface area contributed by atoms with E-state index in [2.05, 4.69) is 48.0 Å². The van der Waals surface area contributed by atoms with Crippen molar-refractivity contribution in [3.05, 3.63) is 28.2 Å². The molecule has 0 atom stereocenters. The van der Waals surface area contributed by atoms with Gasteiger partial charge in [-0.25, -0.2) is 0 Å². The van der Waals surface area contributed by atoms with E-state index in [1.165, 1.54) is 14.9 Å². The van der Waals surface area contributed by atoms with Crippen molar-refractivity contribution in [1.29, 1.82) is 0 Å². The number of benzene rings is 1. The molecule has 0 amide bonds. The first kappa shape index (κ1) is 9.14. The number of thioether (sulfide) groups is 1. The molecule has 0 radical (unpaired) electrons. The van der Waals surface area contributed by atoms with Crippen molar-refractivity contribution in [2.75, 3.05) is 5.75 Å². The predicted molar refractivity (Wildman–Crippen MR) is 55.3 cm³/mol. The van der Waals surface area contributed by atoms with Gasteiger partial charge in [-0.2, -0.15) is 0 Å². The van der Waals surface area contributed by atoms with Gasteiger partial charge in [-0.1, -0.05) is 13.0 Å². The SMILES string of the molecule is CCSc1ccc(C)cc1Br.